The van der Waals surface area contributed by atoms with Crippen molar-refractivity contribution >= 4 is 34.9 Å². The maximum atomic E-state index is 11.8. The van der Waals surface area contributed by atoms with Gasteiger partial charge in [0.15, 0.2) is 8.68 Å². The Morgan fingerprint density at radius 2 is 1.32 bits per heavy atom. The predicted molar refractivity (Wildman–Crippen MR) is 71.2 cm³/mol. The third-order valence-electron chi connectivity index (χ3n) is 1.67. The minimum absolute atomic E-state index is 0.273. The summed E-state index contributed by atoms with van der Waals surface area (Å²) in [6.45, 7) is 0. The van der Waals surface area contributed by atoms with Gasteiger partial charge in [0.1, 0.15) is 0 Å². The molecule has 0 aromatic carbocycles. The predicted octanol–water partition coefficient (Wildman–Crippen LogP) is 5.06. The molecule has 0 atom stereocenters. The van der Waals surface area contributed by atoms with Crippen LogP contribution in [-0.4, -0.2) is 21.7 Å². The van der Waals surface area contributed by atoms with Crippen LogP contribution in [0.3, 0.4) is 0 Å². The minimum Gasteiger partial charge on any atom is -0.174 e. The highest BCUT2D eigenvalue weighted by Gasteiger charge is 2.05. The first kappa shape index (κ1) is 16.5. The highest BCUT2D eigenvalue weighted by molar-refractivity contribution is 8.03. The molecule has 0 fully saturated rings. The lowest BCUT2D eigenvalue weighted by molar-refractivity contribution is 0.417. The minimum atomic E-state index is -1.68. The molecule has 1 heterocycles. The summed E-state index contributed by atoms with van der Waals surface area (Å²) < 4.78 is 48.4. The Bertz CT molecular complexity index is 401. The van der Waals surface area contributed by atoms with Crippen molar-refractivity contribution in [1.29, 1.82) is 0 Å². The van der Waals surface area contributed by atoms with Gasteiger partial charge in [0, 0.05) is 11.5 Å². The number of allylic oxidation sites excluding steroid dienone is 2. The van der Waals surface area contributed by atoms with Gasteiger partial charge in [0.2, 0.25) is 0 Å². The van der Waals surface area contributed by atoms with Gasteiger partial charge in [-0.2, -0.15) is 17.6 Å². The van der Waals surface area contributed by atoms with Gasteiger partial charge in [-0.15, -0.1) is 10.2 Å². The maximum Gasteiger partial charge on any atom is 0.266 e. The van der Waals surface area contributed by atoms with Gasteiger partial charge >= 0.3 is 0 Å². The molecule has 0 saturated heterocycles. The fourth-order valence-electron chi connectivity index (χ4n) is 0.942. The summed E-state index contributed by atoms with van der Waals surface area (Å²) in [5.74, 6) is 1.01. The molecule has 106 valence electrons. The summed E-state index contributed by atoms with van der Waals surface area (Å²) in [5, 5.41) is 7.77. The highest BCUT2D eigenvalue weighted by Crippen LogP contribution is 2.29. The Balaban J connectivity index is 2.24. The molecule has 0 amide bonds. The monoisotopic (exact) mass is 330 g/mol. The summed E-state index contributed by atoms with van der Waals surface area (Å²) in [6.07, 6.45) is -1.08. The van der Waals surface area contributed by atoms with E-state index >= 15 is 0 Å². The molecule has 0 spiro atoms. The standard InChI is InChI=1S/C10H10F4N2S3/c11-7(12)3-1-5-17-9-15-16-10(19-9)18-6-2-4-8(13)14/h3-4H,1-2,5-6H2. The maximum absolute atomic E-state index is 11.8. The smallest absolute Gasteiger partial charge is 0.174 e. The van der Waals surface area contributed by atoms with Gasteiger partial charge in [-0.25, -0.2) is 0 Å². The fourth-order valence-corrected chi connectivity index (χ4v) is 3.88. The Morgan fingerprint density at radius 1 is 0.895 bits per heavy atom. The summed E-state index contributed by atoms with van der Waals surface area (Å²) in [7, 11) is 0. The summed E-state index contributed by atoms with van der Waals surface area (Å²) >= 11 is 4.04. The molecule has 19 heavy (non-hydrogen) atoms. The van der Waals surface area contributed by atoms with Crippen molar-refractivity contribution in [2.24, 2.45) is 0 Å². The van der Waals surface area contributed by atoms with Gasteiger partial charge in [0.25, 0.3) is 12.2 Å². The van der Waals surface area contributed by atoms with Gasteiger partial charge in [-0.3, -0.25) is 0 Å². The van der Waals surface area contributed by atoms with Gasteiger partial charge in [0.05, 0.1) is 0 Å². The molecule has 1 rings (SSSR count). The molecule has 1 aromatic heterocycles. The molecule has 0 aliphatic rings. The number of nitrogens with zero attached hydrogens (tertiary/aromatic N) is 2. The first-order chi connectivity index (χ1) is 9.08. The van der Waals surface area contributed by atoms with E-state index in [0.29, 0.717) is 20.2 Å². The number of halogens is 4. The highest BCUT2D eigenvalue weighted by atomic mass is 32.2. The lowest BCUT2D eigenvalue weighted by atomic mass is 10.5. The van der Waals surface area contributed by atoms with Crippen LogP contribution in [0.4, 0.5) is 17.6 Å². The fraction of sp³-hybridized carbons (Fsp3) is 0.400. The number of hydrogen-bond donors (Lipinski definition) is 0. The first-order valence-corrected chi connectivity index (χ1v) is 7.98. The lowest BCUT2D eigenvalue weighted by Gasteiger charge is -1.92. The van der Waals surface area contributed by atoms with Crippen molar-refractivity contribution in [3.63, 3.8) is 0 Å². The van der Waals surface area contributed by atoms with Crippen molar-refractivity contribution in [1.82, 2.24) is 10.2 Å². The summed E-state index contributed by atoms with van der Waals surface area (Å²) in [6, 6.07) is 0. The van der Waals surface area contributed by atoms with E-state index in [0.717, 1.165) is 12.2 Å². The Labute approximate surface area is 120 Å². The van der Waals surface area contributed by atoms with E-state index in [9.17, 15) is 17.6 Å². The van der Waals surface area contributed by atoms with Gasteiger partial charge in [-0.1, -0.05) is 34.9 Å². The van der Waals surface area contributed by atoms with Crippen LogP contribution in [0.2, 0.25) is 0 Å². The Morgan fingerprint density at radius 3 is 1.68 bits per heavy atom. The molecule has 0 saturated carbocycles. The molecule has 2 nitrogen and oxygen atoms in total. The van der Waals surface area contributed by atoms with E-state index in [2.05, 4.69) is 10.2 Å². The zero-order chi connectivity index (χ0) is 14.1. The topological polar surface area (TPSA) is 25.8 Å². The Kier molecular flexibility index (Phi) is 8.15. The molecule has 0 unspecified atom stereocenters. The normalized spacial score (nSPS) is 10.3. The molecule has 0 N–H and O–H groups in total. The Hall–Kier alpha value is -0.540. The quantitative estimate of drug-likeness (QED) is 0.378. The van der Waals surface area contributed by atoms with Crippen LogP contribution >= 0.6 is 34.9 Å². The largest absolute Gasteiger partial charge is 0.266 e. The SMILES string of the molecule is FC(F)=CCCSc1nnc(SCCC=C(F)F)s1. The van der Waals surface area contributed by atoms with Crippen LogP contribution in [0.25, 0.3) is 0 Å². The number of thioether (sulfide) groups is 2. The van der Waals surface area contributed by atoms with Crippen molar-refractivity contribution in [3.05, 3.63) is 24.3 Å². The van der Waals surface area contributed by atoms with Crippen LogP contribution in [0.15, 0.2) is 33.0 Å². The van der Waals surface area contributed by atoms with E-state index < -0.39 is 12.2 Å². The average molecular weight is 330 g/mol. The van der Waals surface area contributed by atoms with Crippen molar-refractivity contribution in [2.45, 2.75) is 21.5 Å². The second-order valence-electron chi connectivity index (χ2n) is 3.10. The number of hydrogen-bond acceptors (Lipinski definition) is 5. The van der Waals surface area contributed by atoms with Crippen molar-refractivity contribution in [2.75, 3.05) is 11.5 Å². The van der Waals surface area contributed by atoms with E-state index in [1.165, 1.54) is 34.9 Å². The van der Waals surface area contributed by atoms with Crippen LogP contribution in [0, 0.1) is 0 Å². The van der Waals surface area contributed by atoms with Crippen LogP contribution < -0.4 is 0 Å². The second kappa shape index (κ2) is 9.38. The second-order valence-corrected chi connectivity index (χ2v) is 6.76. The summed E-state index contributed by atoms with van der Waals surface area (Å²) in [4.78, 5) is 0. The zero-order valence-electron chi connectivity index (χ0n) is 9.61. The molecule has 0 radical (unpaired) electrons. The molecule has 0 aliphatic heterocycles. The third-order valence-corrected chi connectivity index (χ3v) is 4.93. The van der Waals surface area contributed by atoms with Crippen LogP contribution in [0.1, 0.15) is 12.8 Å². The average Bonchev–Trinajstić information content (AvgIpc) is 2.78. The number of rotatable bonds is 8. The van der Waals surface area contributed by atoms with E-state index in [-0.39, 0.29) is 12.8 Å². The van der Waals surface area contributed by atoms with E-state index in [1.54, 1.807) is 0 Å². The van der Waals surface area contributed by atoms with Crippen molar-refractivity contribution < 1.29 is 17.6 Å². The molecular weight excluding hydrogens is 320 g/mol. The zero-order valence-corrected chi connectivity index (χ0v) is 12.1. The molecule has 1 aromatic rings. The first-order valence-electron chi connectivity index (χ1n) is 5.19. The molecular formula is C10H10F4N2S3. The molecule has 0 aliphatic carbocycles. The van der Waals surface area contributed by atoms with Crippen molar-refractivity contribution in [3.8, 4) is 0 Å². The summed E-state index contributed by atoms with van der Waals surface area (Å²) in [5.41, 5.74) is 0. The number of aromatic nitrogens is 2. The third kappa shape index (κ3) is 8.27. The van der Waals surface area contributed by atoms with Crippen LogP contribution in [-0.2, 0) is 0 Å². The van der Waals surface area contributed by atoms with E-state index in [1.807, 2.05) is 0 Å². The lowest BCUT2D eigenvalue weighted by Crippen LogP contribution is -1.77. The van der Waals surface area contributed by atoms with Gasteiger partial charge in [-0.05, 0) is 25.0 Å². The van der Waals surface area contributed by atoms with E-state index in [4.69, 9.17) is 0 Å². The van der Waals surface area contributed by atoms with Crippen LogP contribution in [0.5, 0.6) is 0 Å². The van der Waals surface area contributed by atoms with Gasteiger partial charge < -0.3 is 0 Å². The molecule has 0 bridgehead atoms. The molecule has 9 heteroatoms.